The molecule has 0 radical (unpaired) electrons. The first kappa shape index (κ1) is 13.9. The molecule has 1 saturated heterocycles. The van der Waals surface area contributed by atoms with Gasteiger partial charge in [0.25, 0.3) is 0 Å². The summed E-state index contributed by atoms with van der Waals surface area (Å²) in [6.07, 6.45) is -0.0489. The van der Waals surface area contributed by atoms with Gasteiger partial charge in [-0.2, -0.15) is 0 Å². The van der Waals surface area contributed by atoms with E-state index in [0.717, 1.165) is 0 Å². The molecule has 2 atom stereocenters. The molecule has 0 aromatic heterocycles. The normalized spacial score (nSPS) is 24.0. The maximum absolute atomic E-state index is 12.2. The lowest BCUT2D eigenvalue weighted by Gasteiger charge is -2.29. The SMILES string of the molecule is CC(C)N(CCC(=O)O)C(=O)C1COCC1N. The zero-order valence-electron chi connectivity index (χ0n) is 10.3. The molecule has 3 N–H and O–H groups in total. The number of hydrogen-bond acceptors (Lipinski definition) is 4. The molecule has 6 heteroatoms. The van der Waals surface area contributed by atoms with Crippen molar-refractivity contribution in [1.82, 2.24) is 4.90 Å². The summed E-state index contributed by atoms with van der Waals surface area (Å²) >= 11 is 0. The van der Waals surface area contributed by atoms with E-state index >= 15 is 0 Å². The fourth-order valence-electron chi connectivity index (χ4n) is 1.88. The van der Waals surface area contributed by atoms with Gasteiger partial charge in [0.1, 0.15) is 0 Å². The highest BCUT2D eigenvalue weighted by Gasteiger charge is 2.35. The molecule has 0 aliphatic carbocycles. The Balaban J connectivity index is 2.63. The Morgan fingerprint density at radius 1 is 1.47 bits per heavy atom. The van der Waals surface area contributed by atoms with E-state index in [-0.39, 0.29) is 36.9 Å². The molecule has 1 fully saturated rings. The van der Waals surface area contributed by atoms with Crippen molar-refractivity contribution in [3.63, 3.8) is 0 Å². The van der Waals surface area contributed by atoms with Crippen LogP contribution in [0.2, 0.25) is 0 Å². The van der Waals surface area contributed by atoms with Gasteiger partial charge in [0.2, 0.25) is 5.91 Å². The highest BCUT2D eigenvalue weighted by molar-refractivity contribution is 5.81. The molecule has 0 saturated carbocycles. The Morgan fingerprint density at radius 2 is 2.12 bits per heavy atom. The molecule has 0 aromatic rings. The number of rotatable bonds is 5. The van der Waals surface area contributed by atoms with Crippen LogP contribution >= 0.6 is 0 Å². The maximum Gasteiger partial charge on any atom is 0.305 e. The van der Waals surface area contributed by atoms with E-state index in [1.54, 1.807) is 4.90 Å². The van der Waals surface area contributed by atoms with Gasteiger partial charge < -0.3 is 20.5 Å². The Hall–Kier alpha value is -1.14. The van der Waals surface area contributed by atoms with Gasteiger partial charge in [0.15, 0.2) is 0 Å². The Labute approximate surface area is 101 Å². The van der Waals surface area contributed by atoms with Crippen molar-refractivity contribution in [2.75, 3.05) is 19.8 Å². The highest BCUT2D eigenvalue weighted by Crippen LogP contribution is 2.16. The molecular formula is C11H20N2O4. The van der Waals surface area contributed by atoms with Gasteiger partial charge in [-0.3, -0.25) is 9.59 Å². The van der Waals surface area contributed by atoms with Gasteiger partial charge in [-0.05, 0) is 13.8 Å². The monoisotopic (exact) mass is 244 g/mol. The van der Waals surface area contributed by atoms with Crippen LogP contribution in [0.5, 0.6) is 0 Å². The second kappa shape index (κ2) is 5.97. The van der Waals surface area contributed by atoms with Crippen LogP contribution in [0.15, 0.2) is 0 Å². The number of carbonyl (C=O) groups excluding carboxylic acids is 1. The van der Waals surface area contributed by atoms with Crippen molar-refractivity contribution in [3.8, 4) is 0 Å². The first-order valence-electron chi connectivity index (χ1n) is 5.79. The van der Waals surface area contributed by atoms with Gasteiger partial charge in [-0.15, -0.1) is 0 Å². The summed E-state index contributed by atoms with van der Waals surface area (Å²) in [5, 5.41) is 8.66. The second-order valence-electron chi connectivity index (χ2n) is 4.58. The fourth-order valence-corrected chi connectivity index (χ4v) is 1.88. The minimum atomic E-state index is -0.907. The van der Waals surface area contributed by atoms with E-state index in [1.807, 2.05) is 13.8 Å². The third kappa shape index (κ3) is 3.67. The summed E-state index contributed by atoms with van der Waals surface area (Å²) in [4.78, 5) is 24.3. The lowest BCUT2D eigenvalue weighted by molar-refractivity contribution is -0.140. The molecule has 17 heavy (non-hydrogen) atoms. The van der Waals surface area contributed by atoms with Crippen LogP contribution in [0.25, 0.3) is 0 Å². The first-order valence-corrected chi connectivity index (χ1v) is 5.79. The van der Waals surface area contributed by atoms with E-state index in [4.69, 9.17) is 15.6 Å². The van der Waals surface area contributed by atoms with Crippen molar-refractivity contribution in [2.45, 2.75) is 32.4 Å². The average molecular weight is 244 g/mol. The van der Waals surface area contributed by atoms with Crippen molar-refractivity contribution in [2.24, 2.45) is 11.7 Å². The Bertz CT molecular complexity index is 293. The Morgan fingerprint density at radius 3 is 2.53 bits per heavy atom. The maximum atomic E-state index is 12.2. The van der Waals surface area contributed by atoms with Crippen molar-refractivity contribution in [3.05, 3.63) is 0 Å². The number of aliphatic carboxylic acids is 1. The van der Waals surface area contributed by atoms with Gasteiger partial charge >= 0.3 is 5.97 Å². The lowest BCUT2D eigenvalue weighted by Crippen LogP contribution is -2.47. The predicted octanol–water partition coefficient (Wildman–Crippen LogP) is -0.328. The van der Waals surface area contributed by atoms with E-state index in [0.29, 0.717) is 13.2 Å². The number of carboxylic acid groups (broad SMARTS) is 1. The summed E-state index contributed by atoms with van der Waals surface area (Å²) < 4.78 is 5.16. The quantitative estimate of drug-likeness (QED) is 0.691. The van der Waals surface area contributed by atoms with Crippen LogP contribution in [0.4, 0.5) is 0 Å². The van der Waals surface area contributed by atoms with E-state index in [2.05, 4.69) is 0 Å². The molecule has 1 amide bonds. The van der Waals surface area contributed by atoms with E-state index < -0.39 is 5.97 Å². The molecule has 1 aliphatic heterocycles. The largest absolute Gasteiger partial charge is 0.481 e. The lowest BCUT2D eigenvalue weighted by atomic mass is 10.0. The van der Waals surface area contributed by atoms with Gasteiger partial charge in [-0.1, -0.05) is 0 Å². The third-order valence-corrected chi connectivity index (χ3v) is 2.91. The number of carbonyl (C=O) groups is 2. The summed E-state index contributed by atoms with van der Waals surface area (Å²) in [6.45, 7) is 4.66. The van der Waals surface area contributed by atoms with Crippen LogP contribution in [0, 0.1) is 5.92 Å². The number of amides is 1. The zero-order chi connectivity index (χ0) is 13.0. The second-order valence-corrected chi connectivity index (χ2v) is 4.58. The molecule has 2 unspecified atom stereocenters. The predicted molar refractivity (Wildman–Crippen MR) is 61.4 cm³/mol. The van der Waals surface area contributed by atoms with Crippen LogP contribution in [-0.4, -0.2) is 53.7 Å². The summed E-state index contributed by atoms with van der Waals surface area (Å²) in [7, 11) is 0. The molecule has 0 bridgehead atoms. The standard InChI is InChI=1S/C11H20N2O4/c1-7(2)13(4-3-10(14)15)11(16)8-5-17-6-9(8)12/h7-9H,3-6,12H2,1-2H3,(H,14,15). The smallest absolute Gasteiger partial charge is 0.305 e. The zero-order valence-corrected chi connectivity index (χ0v) is 10.3. The Kier molecular flexibility index (Phi) is 4.89. The number of nitrogens with zero attached hydrogens (tertiary/aromatic N) is 1. The summed E-state index contributed by atoms with van der Waals surface area (Å²) in [6, 6.07) is -0.316. The minimum absolute atomic E-state index is 0.0327. The summed E-state index contributed by atoms with van der Waals surface area (Å²) in [5.41, 5.74) is 5.78. The fraction of sp³-hybridized carbons (Fsp3) is 0.818. The topological polar surface area (TPSA) is 92.9 Å². The summed E-state index contributed by atoms with van der Waals surface area (Å²) in [5.74, 6) is -1.35. The first-order chi connectivity index (χ1) is 7.93. The van der Waals surface area contributed by atoms with E-state index in [1.165, 1.54) is 0 Å². The average Bonchev–Trinajstić information content (AvgIpc) is 2.63. The van der Waals surface area contributed by atoms with Crippen LogP contribution in [0.1, 0.15) is 20.3 Å². The van der Waals surface area contributed by atoms with Crippen molar-refractivity contribution < 1.29 is 19.4 Å². The minimum Gasteiger partial charge on any atom is -0.481 e. The van der Waals surface area contributed by atoms with Crippen LogP contribution in [-0.2, 0) is 14.3 Å². The van der Waals surface area contributed by atoms with Gasteiger partial charge in [0, 0.05) is 18.6 Å². The molecule has 1 rings (SSSR count). The molecule has 6 nitrogen and oxygen atoms in total. The molecule has 0 aromatic carbocycles. The number of hydrogen-bond donors (Lipinski definition) is 2. The number of ether oxygens (including phenoxy) is 1. The third-order valence-electron chi connectivity index (χ3n) is 2.91. The molecule has 1 aliphatic rings. The number of nitrogens with two attached hydrogens (primary N) is 1. The molecular weight excluding hydrogens is 224 g/mol. The highest BCUT2D eigenvalue weighted by atomic mass is 16.5. The van der Waals surface area contributed by atoms with Crippen LogP contribution < -0.4 is 5.73 Å². The van der Waals surface area contributed by atoms with Gasteiger partial charge in [0.05, 0.1) is 25.6 Å². The molecule has 0 spiro atoms. The van der Waals surface area contributed by atoms with Crippen LogP contribution in [0.3, 0.4) is 0 Å². The van der Waals surface area contributed by atoms with Crippen molar-refractivity contribution >= 4 is 11.9 Å². The number of carboxylic acids is 1. The van der Waals surface area contributed by atoms with Gasteiger partial charge in [-0.25, -0.2) is 0 Å². The molecule has 98 valence electrons. The molecule has 1 heterocycles. The van der Waals surface area contributed by atoms with Crippen molar-refractivity contribution in [1.29, 1.82) is 0 Å². The van der Waals surface area contributed by atoms with E-state index in [9.17, 15) is 9.59 Å².